The number of carbonyl (C=O) groups excluding carboxylic acids is 2. The van der Waals surface area contributed by atoms with E-state index in [1.165, 1.54) is 18.2 Å². The van der Waals surface area contributed by atoms with E-state index in [2.05, 4.69) is 16.0 Å². The van der Waals surface area contributed by atoms with Gasteiger partial charge < -0.3 is 10.6 Å². The maximum absolute atomic E-state index is 12.9. The molecule has 1 aromatic carbocycles. The van der Waals surface area contributed by atoms with Gasteiger partial charge in [0.15, 0.2) is 0 Å². The largest absolute Gasteiger partial charge is 0.374 e. The maximum atomic E-state index is 12.9. The third-order valence-electron chi connectivity index (χ3n) is 2.18. The Balaban J connectivity index is 2.52. The molecule has 1 atom stereocenters. The van der Waals surface area contributed by atoms with Crippen molar-refractivity contribution in [3.05, 3.63) is 30.1 Å². The molecule has 1 rings (SSSR count). The van der Waals surface area contributed by atoms with Gasteiger partial charge in [0.25, 0.3) is 0 Å². The minimum Gasteiger partial charge on any atom is -0.374 e. The normalized spacial score (nSPS) is 11.5. The molecule has 5 nitrogen and oxygen atoms in total. The number of halogens is 1. The zero-order chi connectivity index (χ0) is 13.5. The predicted molar refractivity (Wildman–Crippen MR) is 66.7 cm³/mol. The van der Waals surface area contributed by atoms with Crippen molar-refractivity contribution in [1.82, 2.24) is 10.6 Å². The van der Waals surface area contributed by atoms with Gasteiger partial charge in [-0.2, -0.15) is 0 Å². The predicted octanol–water partition coefficient (Wildman–Crippen LogP) is 1.47. The fourth-order valence-corrected chi connectivity index (χ4v) is 1.32. The topological polar surface area (TPSA) is 70.2 Å². The number of imide groups is 1. The third kappa shape index (κ3) is 4.40. The summed E-state index contributed by atoms with van der Waals surface area (Å²) in [7, 11) is 0. The van der Waals surface area contributed by atoms with Gasteiger partial charge in [0.2, 0.25) is 5.91 Å². The molecular weight excluding hydrogens is 237 g/mol. The van der Waals surface area contributed by atoms with Crippen molar-refractivity contribution in [2.45, 2.75) is 19.9 Å². The average Bonchev–Trinajstić information content (AvgIpc) is 2.29. The molecule has 3 N–H and O–H groups in total. The summed E-state index contributed by atoms with van der Waals surface area (Å²) in [6.45, 7) is 3.77. The maximum Gasteiger partial charge on any atom is 0.321 e. The zero-order valence-electron chi connectivity index (χ0n) is 10.3. The monoisotopic (exact) mass is 253 g/mol. The molecule has 0 radical (unpaired) electrons. The Bertz CT molecular complexity index is 437. The fraction of sp³-hybridized carbons (Fsp3) is 0.333. The molecule has 3 amide bonds. The van der Waals surface area contributed by atoms with Crippen LogP contribution in [0.15, 0.2) is 24.3 Å². The van der Waals surface area contributed by atoms with Gasteiger partial charge in [-0.3, -0.25) is 10.1 Å². The number of nitrogens with one attached hydrogen (secondary N) is 3. The summed E-state index contributed by atoms with van der Waals surface area (Å²) in [5.41, 5.74) is 0.480. The van der Waals surface area contributed by atoms with Gasteiger partial charge in [0.1, 0.15) is 11.9 Å². The standard InChI is InChI=1S/C12H16FN3O2/c1-3-14-12(18)16-11(17)8(2)15-10-6-4-5-9(13)7-10/h4-8,15H,3H2,1-2H3,(H2,14,16,17,18). The lowest BCUT2D eigenvalue weighted by atomic mass is 10.2. The van der Waals surface area contributed by atoms with Crippen LogP contribution >= 0.6 is 0 Å². The Labute approximate surface area is 105 Å². The molecule has 18 heavy (non-hydrogen) atoms. The summed E-state index contributed by atoms with van der Waals surface area (Å²) in [5, 5.41) is 7.41. The molecule has 0 spiro atoms. The zero-order valence-corrected chi connectivity index (χ0v) is 10.3. The Hall–Kier alpha value is -2.11. The lowest BCUT2D eigenvalue weighted by Crippen LogP contribution is -2.45. The molecule has 6 heteroatoms. The molecular formula is C12H16FN3O2. The SMILES string of the molecule is CCNC(=O)NC(=O)C(C)Nc1cccc(F)c1. The van der Waals surface area contributed by atoms with E-state index in [9.17, 15) is 14.0 Å². The van der Waals surface area contributed by atoms with Crippen LogP contribution in [0.3, 0.4) is 0 Å². The van der Waals surface area contributed by atoms with Crippen LogP contribution in [0.5, 0.6) is 0 Å². The summed E-state index contributed by atoms with van der Waals surface area (Å²) >= 11 is 0. The van der Waals surface area contributed by atoms with Crippen molar-refractivity contribution in [1.29, 1.82) is 0 Å². The second kappa shape index (κ2) is 6.58. The number of benzene rings is 1. The molecule has 0 aliphatic rings. The number of urea groups is 1. The highest BCUT2D eigenvalue weighted by Crippen LogP contribution is 2.10. The first-order valence-electron chi connectivity index (χ1n) is 5.63. The van der Waals surface area contributed by atoms with Crippen molar-refractivity contribution in [3.63, 3.8) is 0 Å². The molecule has 0 heterocycles. The van der Waals surface area contributed by atoms with E-state index in [0.717, 1.165) is 0 Å². The minimum absolute atomic E-state index is 0.392. The van der Waals surface area contributed by atoms with E-state index in [4.69, 9.17) is 0 Å². The highest BCUT2D eigenvalue weighted by Gasteiger charge is 2.15. The van der Waals surface area contributed by atoms with E-state index >= 15 is 0 Å². The summed E-state index contributed by atoms with van der Waals surface area (Å²) in [4.78, 5) is 22.7. The van der Waals surface area contributed by atoms with Crippen molar-refractivity contribution >= 4 is 17.6 Å². The Kier molecular flexibility index (Phi) is 5.10. The van der Waals surface area contributed by atoms with E-state index in [1.807, 2.05) is 0 Å². The molecule has 0 aromatic heterocycles. The molecule has 0 bridgehead atoms. The van der Waals surface area contributed by atoms with Crippen molar-refractivity contribution in [2.24, 2.45) is 0 Å². The van der Waals surface area contributed by atoms with E-state index in [-0.39, 0.29) is 0 Å². The lowest BCUT2D eigenvalue weighted by molar-refractivity contribution is -0.120. The van der Waals surface area contributed by atoms with Gasteiger partial charge in [-0.25, -0.2) is 9.18 Å². The molecule has 0 aliphatic carbocycles. The van der Waals surface area contributed by atoms with Crippen LogP contribution in [0.1, 0.15) is 13.8 Å². The first-order valence-corrected chi connectivity index (χ1v) is 5.63. The van der Waals surface area contributed by atoms with Gasteiger partial charge in [-0.15, -0.1) is 0 Å². The molecule has 1 aromatic rings. The van der Waals surface area contributed by atoms with Gasteiger partial charge in [-0.1, -0.05) is 6.07 Å². The van der Waals surface area contributed by atoms with E-state index in [1.54, 1.807) is 19.9 Å². The van der Waals surface area contributed by atoms with Crippen molar-refractivity contribution in [2.75, 3.05) is 11.9 Å². The first kappa shape index (κ1) is 14.0. The van der Waals surface area contributed by atoms with Crippen LogP contribution < -0.4 is 16.0 Å². The first-order chi connectivity index (χ1) is 8.52. The summed E-state index contributed by atoms with van der Waals surface area (Å²) < 4.78 is 12.9. The second-order valence-corrected chi connectivity index (χ2v) is 3.73. The molecule has 0 aliphatic heterocycles. The average molecular weight is 253 g/mol. The van der Waals surface area contributed by atoms with Gasteiger partial charge in [0.05, 0.1) is 0 Å². The van der Waals surface area contributed by atoms with Crippen molar-refractivity contribution in [3.8, 4) is 0 Å². The highest BCUT2D eigenvalue weighted by molar-refractivity contribution is 5.97. The van der Waals surface area contributed by atoms with Crippen LogP contribution in [0.4, 0.5) is 14.9 Å². The van der Waals surface area contributed by atoms with E-state index < -0.39 is 23.8 Å². The number of hydrogen-bond acceptors (Lipinski definition) is 3. The van der Waals surface area contributed by atoms with E-state index in [0.29, 0.717) is 12.2 Å². The molecule has 98 valence electrons. The van der Waals surface area contributed by atoms with Gasteiger partial charge in [0, 0.05) is 12.2 Å². The number of anilines is 1. The summed E-state index contributed by atoms with van der Waals surface area (Å²) in [6.07, 6.45) is 0. The molecule has 1 unspecified atom stereocenters. The number of amides is 3. The van der Waals surface area contributed by atoms with Crippen LogP contribution in [0, 0.1) is 5.82 Å². The number of rotatable bonds is 4. The Morgan fingerprint density at radius 3 is 2.72 bits per heavy atom. The fourth-order valence-electron chi connectivity index (χ4n) is 1.32. The minimum atomic E-state index is -0.644. The lowest BCUT2D eigenvalue weighted by Gasteiger charge is -2.14. The second-order valence-electron chi connectivity index (χ2n) is 3.73. The molecule has 0 saturated carbocycles. The van der Waals surface area contributed by atoms with Crippen LogP contribution in [-0.4, -0.2) is 24.5 Å². The molecule has 0 fully saturated rings. The van der Waals surface area contributed by atoms with Crippen molar-refractivity contribution < 1.29 is 14.0 Å². The highest BCUT2D eigenvalue weighted by atomic mass is 19.1. The van der Waals surface area contributed by atoms with Gasteiger partial charge in [-0.05, 0) is 32.0 Å². The molecule has 0 saturated heterocycles. The number of hydrogen-bond donors (Lipinski definition) is 3. The summed E-state index contributed by atoms with van der Waals surface area (Å²) in [5.74, 6) is -0.874. The smallest absolute Gasteiger partial charge is 0.321 e. The van der Waals surface area contributed by atoms with Crippen LogP contribution in [0.25, 0.3) is 0 Å². The van der Waals surface area contributed by atoms with Gasteiger partial charge >= 0.3 is 6.03 Å². The summed E-state index contributed by atoms with van der Waals surface area (Å²) in [6, 6.07) is 4.57. The quantitative estimate of drug-likeness (QED) is 0.761. The van der Waals surface area contributed by atoms with Crippen LogP contribution in [-0.2, 0) is 4.79 Å². The Morgan fingerprint density at radius 2 is 2.11 bits per heavy atom. The number of carbonyl (C=O) groups is 2. The van der Waals surface area contributed by atoms with Crippen LogP contribution in [0.2, 0.25) is 0 Å². The third-order valence-corrected chi connectivity index (χ3v) is 2.18. The Morgan fingerprint density at radius 1 is 1.39 bits per heavy atom.